The predicted molar refractivity (Wildman–Crippen MR) is 103 cm³/mol. The first kappa shape index (κ1) is 18.3. The summed E-state index contributed by atoms with van der Waals surface area (Å²) in [6, 6.07) is 5.79. The van der Waals surface area contributed by atoms with Gasteiger partial charge in [-0.25, -0.2) is 9.37 Å². The molecule has 1 aromatic carbocycles. The zero-order valence-electron chi connectivity index (χ0n) is 15.1. The van der Waals surface area contributed by atoms with Gasteiger partial charge >= 0.3 is 0 Å². The molecule has 0 saturated carbocycles. The summed E-state index contributed by atoms with van der Waals surface area (Å²) < 4.78 is 14.0. The van der Waals surface area contributed by atoms with Gasteiger partial charge in [-0.2, -0.15) is 0 Å². The Hall–Kier alpha value is -2.54. The van der Waals surface area contributed by atoms with Crippen LogP contribution >= 0.6 is 11.3 Å². The third kappa shape index (κ3) is 3.14. The van der Waals surface area contributed by atoms with Crippen molar-refractivity contribution < 1.29 is 9.18 Å². The molecule has 0 saturated heterocycles. The Morgan fingerprint density at radius 3 is 2.65 bits per heavy atom. The summed E-state index contributed by atoms with van der Waals surface area (Å²) in [7, 11) is 0. The lowest BCUT2D eigenvalue weighted by atomic mass is 10.1. The number of anilines is 1. The number of carbonyl (C=O) groups is 1. The fourth-order valence-electron chi connectivity index (χ4n) is 3.02. The highest BCUT2D eigenvalue weighted by atomic mass is 32.1. The van der Waals surface area contributed by atoms with Crippen LogP contribution in [0.1, 0.15) is 32.2 Å². The van der Waals surface area contributed by atoms with E-state index in [4.69, 9.17) is 0 Å². The molecule has 3 aromatic rings. The van der Waals surface area contributed by atoms with Crippen LogP contribution in [0.4, 0.5) is 10.1 Å². The summed E-state index contributed by atoms with van der Waals surface area (Å²) in [5, 5.41) is 3.29. The molecule has 26 heavy (non-hydrogen) atoms. The second-order valence-corrected chi connectivity index (χ2v) is 7.31. The van der Waals surface area contributed by atoms with Gasteiger partial charge in [0.15, 0.2) is 0 Å². The van der Waals surface area contributed by atoms with Crippen LogP contribution in [0, 0.1) is 27.7 Å². The van der Waals surface area contributed by atoms with Crippen molar-refractivity contribution in [3.63, 3.8) is 0 Å². The van der Waals surface area contributed by atoms with Crippen molar-refractivity contribution in [3.05, 3.63) is 55.9 Å². The number of nitrogens with zero attached hydrogens (tertiary/aromatic N) is 2. The lowest BCUT2D eigenvalue weighted by Crippen LogP contribution is -2.24. The van der Waals surface area contributed by atoms with Gasteiger partial charge in [0.25, 0.3) is 11.5 Å². The molecule has 0 aliphatic carbocycles. The van der Waals surface area contributed by atoms with Gasteiger partial charge in [0.2, 0.25) is 0 Å². The average molecular weight is 373 g/mol. The molecule has 2 heterocycles. The molecule has 1 N–H and O–H groups in total. The van der Waals surface area contributed by atoms with Crippen molar-refractivity contribution >= 4 is 33.1 Å². The second kappa shape index (κ2) is 6.99. The molecule has 0 bridgehead atoms. The van der Waals surface area contributed by atoms with Crippen molar-refractivity contribution in [2.24, 2.45) is 0 Å². The summed E-state index contributed by atoms with van der Waals surface area (Å²) in [4.78, 5) is 30.8. The molecule has 0 aliphatic heterocycles. The number of alkyl halides is 1. The first-order valence-corrected chi connectivity index (χ1v) is 9.10. The topological polar surface area (TPSA) is 64.0 Å². The normalized spacial score (nSPS) is 11.1. The highest BCUT2D eigenvalue weighted by molar-refractivity contribution is 7.20. The number of nitrogens with one attached hydrogen (secondary N) is 1. The van der Waals surface area contributed by atoms with Crippen molar-refractivity contribution in [2.75, 3.05) is 12.0 Å². The van der Waals surface area contributed by atoms with Crippen molar-refractivity contribution in [1.29, 1.82) is 0 Å². The van der Waals surface area contributed by atoms with Crippen LogP contribution in [0.3, 0.4) is 0 Å². The first-order chi connectivity index (χ1) is 12.3. The van der Waals surface area contributed by atoms with Crippen LogP contribution in [0.25, 0.3) is 10.2 Å². The van der Waals surface area contributed by atoms with E-state index in [2.05, 4.69) is 10.3 Å². The molecule has 0 unspecified atom stereocenters. The van der Waals surface area contributed by atoms with Crippen LogP contribution in [0.2, 0.25) is 0 Å². The van der Waals surface area contributed by atoms with Crippen LogP contribution in [0.15, 0.2) is 23.0 Å². The van der Waals surface area contributed by atoms with Gasteiger partial charge in [0.05, 0.1) is 16.8 Å². The number of aromatic nitrogens is 2. The largest absolute Gasteiger partial charge is 0.321 e. The third-order valence-corrected chi connectivity index (χ3v) is 5.57. The number of benzene rings is 1. The highest BCUT2D eigenvalue weighted by Gasteiger charge is 2.21. The number of hydrogen-bond acceptors (Lipinski definition) is 4. The van der Waals surface area contributed by atoms with Gasteiger partial charge in [-0.1, -0.05) is 17.7 Å². The molecular weight excluding hydrogens is 353 g/mol. The summed E-state index contributed by atoms with van der Waals surface area (Å²) >= 11 is 1.19. The summed E-state index contributed by atoms with van der Waals surface area (Å²) in [5.74, 6) is 0.175. The van der Waals surface area contributed by atoms with E-state index >= 15 is 0 Å². The number of aryl methyl sites for hydroxylation is 4. The van der Waals surface area contributed by atoms with E-state index in [0.717, 1.165) is 16.8 Å². The van der Waals surface area contributed by atoms with Crippen LogP contribution < -0.4 is 10.9 Å². The molecule has 1 amide bonds. The Morgan fingerprint density at radius 1 is 1.27 bits per heavy atom. The molecule has 0 spiro atoms. The Kier molecular flexibility index (Phi) is 4.91. The minimum atomic E-state index is -0.642. The van der Waals surface area contributed by atoms with Gasteiger partial charge in [-0.15, -0.1) is 11.3 Å². The molecule has 7 heteroatoms. The summed E-state index contributed by atoms with van der Waals surface area (Å²) in [6.07, 6.45) is 0. The highest BCUT2D eigenvalue weighted by Crippen LogP contribution is 2.28. The average Bonchev–Trinajstić information content (AvgIpc) is 2.90. The zero-order valence-corrected chi connectivity index (χ0v) is 16.0. The standard InChI is InChI=1S/C19H20FN3O2S/c1-10-5-6-14(11(2)9-10)22-17(24)16-12(3)15-18(26-16)21-13(4)23(8-7-20)19(15)25/h5-6,9H,7-8H2,1-4H3,(H,22,24). The number of rotatable bonds is 4. The molecular formula is C19H20FN3O2S. The third-order valence-electron chi connectivity index (χ3n) is 4.39. The van der Waals surface area contributed by atoms with Gasteiger partial charge < -0.3 is 5.32 Å². The molecule has 136 valence electrons. The smallest absolute Gasteiger partial charge is 0.266 e. The maximum Gasteiger partial charge on any atom is 0.266 e. The van der Waals surface area contributed by atoms with Gasteiger partial charge in [-0.05, 0) is 44.9 Å². The summed E-state index contributed by atoms with van der Waals surface area (Å²) in [5.41, 5.74) is 3.10. The Labute approximate surface area is 154 Å². The number of thiophene rings is 1. The zero-order chi connectivity index (χ0) is 19.0. The fraction of sp³-hybridized carbons (Fsp3) is 0.316. The first-order valence-electron chi connectivity index (χ1n) is 8.28. The number of halogens is 1. The molecule has 0 aliphatic rings. The van der Waals surface area contributed by atoms with E-state index < -0.39 is 6.67 Å². The molecule has 2 aromatic heterocycles. The molecule has 5 nitrogen and oxygen atoms in total. The quantitative estimate of drug-likeness (QED) is 0.754. The van der Waals surface area contributed by atoms with Crippen LogP contribution in [0.5, 0.6) is 0 Å². The Balaban J connectivity index is 2.05. The molecule has 0 radical (unpaired) electrons. The Bertz CT molecular complexity index is 1070. The second-order valence-electron chi connectivity index (χ2n) is 6.31. The van der Waals surface area contributed by atoms with E-state index in [1.165, 1.54) is 15.9 Å². The lowest BCUT2D eigenvalue weighted by molar-refractivity contribution is 0.103. The minimum absolute atomic E-state index is 0.0347. The van der Waals surface area contributed by atoms with Gasteiger partial charge in [0.1, 0.15) is 17.3 Å². The molecule has 0 atom stereocenters. The van der Waals surface area contributed by atoms with Crippen molar-refractivity contribution in [2.45, 2.75) is 34.2 Å². The SMILES string of the molecule is Cc1ccc(NC(=O)c2sc3nc(C)n(CCF)c(=O)c3c2C)c(C)c1. The van der Waals surface area contributed by atoms with E-state index in [-0.39, 0.29) is 18.0 Å². The Morgan fingerprint density at radius 2 is 2.00 bits per heavy atom. The van der Waals surface area contributed by atoms with Gasteiger partial charge in [0, 0.05) is 5.69 Å². The van der Waals surface area contributed by atoms with Gasteiger partial charge in [-0.3, -0.25) is 14.2 Å². The number of fused-ring (bicyclic) bond motifs is 1. The van der Waals surface area contributed by atoms with E-state index in [1.54, 1.807) is 13.8 Å². The van der Waals surface area contributed by atoms with E-state index in [0.29, 0.717) is 26.5 Å². The van der Waals surface area contributed by atoms with Crippen molar-refractivity contribution in [1.82, 2.24) is 9.55 Å². The van der Waals surface area contributed by atoms with Crippen molar-refractivity contribution in [3.8, 4) is 0 Å². The molecule has 0 fully saturated rings. The monoisotopic (exact) mass is 373 g/mol. The maximum atomic E-state index is 12.8. The lowest BCUT2D eigenvalue weighted by Gasteiger charge is -2.08. The summed E-state index contributed by atoms with van der Waals surface area (Å²) in [6.45, 7) is 6.64. The predicted octanol–water partition coefficient (Wildman–Crippen LogP) is 3.91. The minimum Gasteiger partial charge on any atom is -0.321 e. The fourth-order valence-corrected chi connectivity index (χ4v) is 4.13. The number of hydrogen-bond donors (Lipinski definition) is 1. The van der Waals surface area contributed by atoms with E-state index in [9.17, 15) is 14.0 Å². The van der Waals surface area contributed by atoms with Crippen LogP contribution in [-0.4, -0.2) is 22.1 Å². The molecule has 3 rings (SSSR count). The maximum absolute atomic E-state index is 12.8. The number of amides is 1. The number of carbonyl (C=O) groups excluding carboxylic acids is 1. The van der Waals surface area contributed by atoms with E-state index in [1.807, 2.05) is 32.0 Å². The van der Waals surface area contributed by atoms with Crippen LogP contribution in [-0.2, 0) is 6.54 Å².